The molecular formula is C22H21ClF3N7. The molecule has 1 aliphatic heterocycles. The second-order valence-corrected chi connectivity index (χ2v) is 8.49. The standard InChI is InChI=1S/C22H21ClF3N7/c1-30(20-18-6-5-15(23)11-19(18)33-14-27-29-21(33)28-20)16-3-2-4-17(12-16)32-9-7-31(8-10-32)13-22(24,25)26/h2-6,11-12,14H,7-10,13H2,1H3. The van der Waals surface area contributed by atoms with Gasteiger partial charge in [0.2, 0.25) is 0 Å². The number of piperazine rings is 1. The smallest absolute Gasteiger partial charge is 0.369 e. The summed E-state index contributed by atoms with van der Waals surface area (Å²) in [5.74, 6) is 1.16. The van der Waals surface area contributed by atoms with Crippen molar-refractivity contribution in [3.63, 3.8) is 0 Å². The number of nitrogens with zero attached hydrogens (tertiary/aromatic N) is 7. The molecule has 1 fully saturated rings. The first kappa shape index (κ1) is 21.7. The third-order valence-electron chi connectivity index (χ3n) is 5.87. The van der Waals surface area contributed by atoms with E-state index in [0.29, 0.717) is 42.8 Å². The zero-order chi connectivity index (χ0) is 23.2. The fraction of sp³-hybridized carbons (Fsp3) is 0.318. The van der Waals surface area contributed by atoms with Crippen LogP contribution in [0, 0.1) is 0 Å². The fourth-order valence-corrected chi connectivity index (χ4v) is 4.38. The van der Waals surface area contributed by atoms with Gasteiger partial charge >= 0.3 is 6.18 Å². The predicted octanol–water partition coefficient (Wildman–Crippen LogP) is 4.38. The van der Waals surface area contributed by atoms with E-state index in [1.54, 1.807) is 10.7 Å². The zero-order valence-corrected chi connectivity index (χ0v) is 18.6. The van der Waals surface area contributed by atoms with Crippen molar-refractivity contribution in [3.8, 4) is 0 Å². The summed E-state index contributed by atoms with van der Waals surface area (Å²) >= 11 is 6.23. The number of alkyl halides is 3. The van der Waals surface area contributed by atoms with E-state index >= 15 is 0 Å². The van der Waals surface area contributed by atoms with Gasteiger partial charge in [0.1, 0.15) is 12.1 Å². The highest BCUT2D eigenvalue weighted by molar-refractivity contribution is 6.31. The largest absolute Gasteiger partial charge is 0.401 e. The van der Waals surface area contributed by atoms with Crippen molar-refractivity contribution in [2.45, 2.75) is 6.18 Å². The van der Waals surface area contributed by atoms with Crippen LogP contribution in [0.1, 0.15) is 0 Å². The molecule has 0 atom stereocenters. The maximum atomic E-state index is 12.7. The molecule has 3 heterocycles. The minimum Gasteiger partial charge on any atom is -0.369 e. The number of aromatic nitrogens is 4. The Labute approximate surface area is 193 Å². The number of rotatable bonds is 4. The summed E-state index contributed by atoms with van der Waals surface area (Å²) < 4.78 is 39.9. The van der Waals surface area contributed by atoms with E-state index in [0.717, 1.165) is 22.3 Å². The quantitative estimate of drug-likeness (QED) is 0.436. The number of hydrogen-bond donors (Lipinski definition) is 0. The molecule has 5 rings (SSSR count). The van der Waals surface area contributed by atoms with Crippen molar-refractivity contribution < 1.29 is 13.2 Å². The highest BCUT2D eigenvalue weighted by Gasteiger charge is 2.32. The van der Waals surface area contributed by atoms with Crippen LogP contribution in [-0.4, -0.2) is 70.4 Å². The van der Waals surface area contributed by atoms with Gasteiger partial charge in [-0.15, -0.1) is 10.2 Å². The van der Waals surface area contributed by atoms with Crippen molar-refractivity contribution in [1.82, 2.24) is 24.5 Å². The van der Waals surface area contributed by atoms with Gasteiger partial charge < -0.3 is 9.80 Å². The first-order chi connectivity index (χ1) is 15.8. The Hall–Kier alpha value is -3.11. The highest BCUT2D eigenvalue weighted by Crippen LogP contribution is 2.33. The van der Waals surface area contributed by atoms with Crippen LogP contribution in [0.3, 0.4) is 0 Å². The molecule has 1 saturated heterocycles. The topological polar surface area (TPSA) is 52.8 Å². The Balaban J connectivity index is 1.43. The second kappa shape index (κ2) is 8.35. The maximum Gasteiger partial charge on any atom is 0.401 e. The van der Waals surface area contributed by atoms with Gasteiger partial charge in [-0.3, -0.25) is 9.30 Å². The van der Waals surface area contributed by atoms with E-state index in [1.165, 1.54) is 4.90 Å². The first-order valence-electron chi connectivity index (χ1n) is 10.5. The van der Waals surface area contributed by atoms with Crippen molar-refractivity contribution in [2.24, 2.45) is 0 Å². The molecule has 33 heavy (non-hydrogen) atoms. The van der Waals surface area contributed by atoms with Crippen molar-refractivity contribution >= 4 is 45.5 Å². The Morgan fingerprint density at radius 2 is 1.85 bits per heavy atom. The van der Waals surface area contributed by atoms with E-state index in [-0.39, 0.29) is 0 Å². The Kier molecular flexibility index (Phi) is 5.49. The van der Waals surface area contributed by atoms with Gasteiger partial charge in [-0.05, 0) is 36.4 Å². The van der Waals surface area contributed by atoms with Crippen molar-refractivity contribution in [1.29, 1.82) is 0 Å². The van der Waals surface area contributed by atoms with Gasteiger partial charge in [-0.2, -0.15) is 18.2 Å². The molecule has 1 aliphatic rings. The molecular weight excluding hydrogens is 455 g/mol. The Morgan fingerprint density at radius 3 is 2.61 bits per heavy atom. The normalized spacial score (nSPS) is 15.5. The van der Waals surface area contributed by atoms with Crippen LogP contribution in [-0.2, 0) is 0 Å². The minimum atomic E-state index is -4.17. The summed E-state index contributed by atoms with van der Waals surface area (Å²) in [4.78, 5) is 10.2. The zero-order valence-electron chi connectivity index (χ0n) is 17.8. The molecule has 0 radical (unpaired) electrons. The summed E-state index contributed by atoms with van der Waals surface area (Å²) in [5.41, 5.74) is 2.70. The SMILES string of the molecule is CN(c1cccc(N2CCN(CC(F)(F)F)CC2)c1)c1nc2nncn2c2cc(Cl)ccc12. The van der Waals surface area contributed by atoms with E-state index in [4.69, 9.17) is 16.6 Å². The van der Waals surface area contributed by atoms with Gasteiger partial charge in [-0.25, -0.2) is 0 Å². The molecule has 172 valence electrons. The molecule has 0 bridgehead atoms. The highest BCUT2D eigenvalue weighted by atomic mass is 35.5. The van der Waals surface area contributed by atoms with Crippen LogP contribution in [0.2, 0.25) is 5.02 Å². The third kappa shape index (κ3) is 4.40. The summed E-state index contributed by atoms with van der Waals surface area (Å²) in [5, 5.41) is 9.55. The van der Waals surface area contributed by atoms with E-state index < -0.39 is 12.7 Å². The molecule has 4 aromatic rings. The van der Waals surface area contributed by atoms with Gasteiger partial charge in [0.15, 0.2) is 0 Å². The molecule has 7 nitrogen and oxygen atoms in total. The number of benzene rings is 2. The van der Waals surface area contributed by atoms with Crippen LogP contribution < -0.4 is 9.80 Å². The predicted molar refractivity (Wildman–Crippen MR) is 123 cm³/mol. The Morgan fingerprint density at radius 1 is 1.06 bits per heavy atom. The lowest BCUT2D eigenvalue weighted by molar-refractivity contribution is -0.146. The molecule has 0 aliphatic carbocycles. The van der Waals surface area contributed by atoms with Crippen molar-refractivity contribution in [3.05, 3.63) is 53.8 Å². The molecule has 2 aromatic heterocycles. The number of fused-ring (bicyclic) bond motifs is 3. The first-order valence-corrected chi connectivity index (χ1v) is 10.8. The van der Waals surface area contributed by atoms with Gasteiger partial charge in [0, 0.05) is 55.0 Å². The van der Waals surface area contributed by atoms with Crippen LogP contribution in [0.25, 0.3) is 16.7 Å². The van der Waals surface area contributed by atoms with Crippen LogP contribution in [0.5, 0.6) is 0 Å². The molecule has 2 aromatic carbocycles. The summed E-state index contributed by atoms with van der Waals surface area (Å²) in [7, 11) is 1.92. The average Bonchev–Trinajstić information content (AvgIpc) is 3.26. The van der Waals surface area contributed by atoms with E-state index in [2.05, 4.69) is 15.1 Å². The molecule has 0 unspecified atom stereocenters. The van der Waals surface area contributed by atoms with Gasteiger partial charge in [0.05, 0.1) is 12.1 Å². The summed E-state index contributed by atoms with van der Waals surface area (Å²) in [6, 6.07) is 13.5. The van der Waals surface area contributed by atoms with Gasteiger partial charge in [0.25, 0.3) is 5.78 Å². The lowest BCUT2D eigenvalue weighted by Gasteiger charge is -2.36. The maximum absolute atomic E-state index is 12.7. The number of anilines is 3. The van der Waals surface area contributed by atoms with E-state index in [1.807, 2.05) is 54.4 Å². The second-order valence-electron chi connectivity index (χ2n) is 8.06. The molecule has 0 amide bonds. The van der Waals surface area contributed by atoms with Crippen LogP contribution in [0.15, 0.2) is 48.8 Å². The lowest BCUT2D eigenvalue weighted by Crippen LogP contribution is -2.49. The summed E-state index contributed by atoms with van der Waals surface area (Å²) in [6.07, 6.45) is -2.57. The van der Waals surface area contributed by atoms with Crippen LogP contribution >= 0.6 is 11.6 Å². The minimum absolute atomic E-state index is 0.371. The van der Waals surface area contributed by atoms with Crippen LogP contribution in [0.4, 0.5) is 30.4 Å². The molecule has 11 heteroatoms. The third-order valence-corrected chi connectivity index (χ3v) is 6.11. The van der Waals surface area contributed by atoms with E-state index in [9.17, 15) is 13.2 Å². The lowest BCUT2D eigenvalue weighted by atomic mass is 10.2. The Bertz CT molecular complexity index is 1300. The molecule has 0 N–H and O–H groups in total. The van der Waals surface area contributed by atoms with Crippen molar-refractivity contribution in [2.75, 3.05) is 49.6 Å². The average molecular weight is 476 g/mol. The monoisotopic (exact) mass is 475 g/mol. The molecule has 0 spiro atoms. The fourth-order valence-electron chi connectivity index (χ4n) is 4.22. The number of hydrogen-bond acceptors (Lipinski definition) is 6. The number of halogens is 4. The van der Waals surface area contributed by atoms with Gasteiger partial charge in [-0.1, -0.05) is 17.7 Å². The summed E-state index contributed by atoms with van der Waals surface area (Å²) in [6.45, 7) is 0.951. The molecule has 0 saturated carbocycles.